The summed E-state index contributed by atoms with van der Waals surface area (Å²) in [6.45, 7) is 10.8. The van der Waals surface area contributed by atoms with Gasteiger partial charge in [0.2, 0.25) is 5.91 Å². The van der Waals surface area contributed by atoms with Gasteiger partial charge in [0.05, 0.1) is 0 Å². The molecule has 120 valence electrons. The maximum Gasteiger partial charge on any atom is 0.219 e. The summed E-state index contributed by atoms with van der Waals surface area (Å²) >= 11 is 0. The first-order valence-corrected chi connectivity index (χ1v) is 8.73. The zero-order valence-corrected chi connectivity index (χ0v) is 14.0. The van der Waals surface area contributed by atoms with Gasteiger partial charge in [-0.3, -0.25) is 4.79 Å². The lowest BCUT2D eigenvalue weighted by molar-refractivity contribution is -0.121. The van der Waals surface area contributed by atoms with Crippen molar-refractivity contribution in [2.75, 3.05) is 26.2 Å². The topological polar surface area (TPSA) is 32.3 Å². The van der Waals surface area contributed by atoms with Crippen molar-refractivity contribution in [2.45, 2.75) is 78.6 Å². The maximum absolute atomic E-state index is 11.6. The molecule has 0 saturated heterocycles. The number of unbranched alkanes of at least 4 members (excludes halogenated alkanes) is 6. The number of hydrogen-bond donors (Lipinski definition) is 1. The average Bonchev–Trinajstić information content (AvgIpc) is 2.46. The third kappa shape index (κ3) is 12.5. The van der Waals surface area contributed by atoms with E-state index >= 15 is 0 Å². The lowest BCUT2D eigenvalue weighted by Gasteiger charge is -2.17. The lowest BCUT2D eigenvalue weighted by Crippen LogP contribution is -2.26. The van der Waals surface area contributed by atoms with Gasteiger partial charge in [0.25, 0.3) is 0 Å². The molecule has 0 fully saturated rings. The minimum atomic E-state index is 0.234. The van der Waals surface area contributed by atoms with Crippen molar-refractivity contribution in [3.63, 3.8) is 0 Å². The van der Waals surface area contributed by atoms with E-state index in [1.54, 1.807) is 0 Å². The number of amides is 1. The molecule has 0 aromatic heterocycles. The molecule has 0 aliphatic heterocycles. The molecule has 0 rings (SSSR count). The van der Waals surface area contributed by atoms with E-state index in [2.05, 4.69) is 31.0 Å². The molecule has 0 radical (unpaired) electrons. The van der Waals surface area contributed by atoms with Gasteiger partial charge in [-0.15, -0.1) is 0 Å². The van der Waals surface area contributed by atoms with E-state index in [1.807, 2.05) is 0 Å². The Balaban J connectivity index is 3.28. The molecule has 0 bridgehead atoms. The van der Waals surface area contributed by atoms with Crippen LogP contribution in [0.4, 0.5) is 0 Å². The van der Waals surface area contributed by atoms with Crippen LogP contribution < -0.4 is 5.32 Å². The highest BCUT2D eigenvalue weighted by atomic mass is 16.1. The van der Waals surface area contributed by atoms with Crippen molar-refractivity contribution in [3.05, 3.63) is 0 Å². The van der Waals surface area contributed by atoms with Gasteiger partial charge in [0.15, 0.2) is 0 Å². The van der Waals surface area contributed by atoms with E-state index in [0.717, 1.165) is 45.4 Å². The summed E-state index contributed by atoms with van der Waals surface area (Å²) < 4.78 is 0. The van der Waals surface area contributed by atoms with Gasteiger partial charge >= 0.3 is 0 Å². The van der Waals surface area contributed by atoms with Gasteiger partial charge in [0, 0.05) is 13.0 Å². The zero-order valence-electron chi connectivity index (χ0n) is 14.0. The Hall–Kier alpha value is -0.570. The molecule has 3 heteroatoms. The van der Waals surface area contributed by atoms with Crippen LogP contribution in [0.15, 0.2) is 0 Å². The van der Waals surface area contributed by atoms with Crippen LogP contribution in [0.2, 0.25) is 0 Å². The lowest BCUT2D eigenvalue weighted by atomic mass is 10.1. The number of hydrogen-bond acceptors (Lipinski definition) is 2. The van der Waals surface area contributed by atoms with Gasteiger partial charge < -0.3 is 10.2 Å². The molecule has 1 amide bonds. The second-order valence-electron chi connectivity index (χ2n) is 5.60. The van der Waals surface area contributed by atoms with Crippen molar-refractivity contribution in [2.24, 2.45) is 0 Å². The summed E-state index contributed by atoms with van der Waals surface area (Å²) in [6, 6.07) is 0. The molecule has 0 aliphatic rings. The Morgan fingerprint density at radius 1 is 0.850 bits per heavy atom. The quantitative estimate of drug-likeness (QED) is 0.489. The Kier molecular flexibility index (Phi) is 14.4. The van der Waals surface area contributed by atoms with E-state index in [0.29, 0.717) is 6.42 Å². The summed E-state index contributed by atoms with van der Waals surface area (Å²) in [4.78, 5) is 14.0. The third-order valence-corrected chi connectivity index (χ3v) is 3.88. The van der Waals surface area contributed by atoms with Gasteiger partial charge in [-0.05, 0) is 38.9 Å². The van der Waals surface area contributed by atoms with Crippen LogP contribution in [0.5, 0.6) is 0 Å². The summed E-state index contributed by atoms with van der Waals surface area (Å²) in [7, 11) is 0. The molecule has 0 spiro atoms. The van der Waals surface area contributed by atoms with Crippen LogP contribution in [0.25, 0.3) is 0 Å². The second kappa shape index (κ2) is 14.8. The van der Waals surface area contributed by atoms with E-state index in [-0.39, 0.29) is 5.91 Å². The van der Waals surface area contributed by atoms with Crippen LogP contribution in [0.1, 0.15) is 78.6 Å². The number of nitrogens with one attached hydrogen (secondary N) is 1. The fourth-order valence-electron chi connectivity index (χ4n) is 2.38. The van der Waals surface area contributed by atoms with Gasteiger partial charge in [-0.1, -0.05) is 52.9 Å². The molecular formula is C17H36N2O. The summed E-state index contributed by atoms with van der Waals surface area (Å²) in [5.74, 6) is 0.234. The van der Waals surface area contributed by atoms with E-state index in [4.69, 9.17) is 0 Å². The summed E-state index contributed by atoms with van der Waals surface area (Å²) in [5, 5.41) is 3.04. The minimum Gasteiger partial charge on any atom is -0.356 e. The van der Waals surface area contributed by atoms with E-state index in [9.17, 15) is 4.79 Å². The first kappa shape index (κ1) is 19.4. The Morgan fingerprint density at radius 2 is 1.50 bits per heavy atom. The number of rotatable bonds is 14. The van der Waals surface area contributed by atoms with Crippen LogP contribution in [0.3, 0.4) is 0 Å². The molecule has 0 unspecified atom stereocenters. The monoisotopic (exact) mass is 284 g/mol. The smallest absolute Gasteiger partial charge is 0.219 e. The molecular weight excluding hydrogens is 248 g/mol. The van der Waals surface area contributed by atoms with Crippen molar-refractivity contribution in [3.8, 4) is 0 Å². The highest BCUT2D eigenvalue weighted by molar-refractivity contribution is 5.75. The van der Waals surface area contributed by atoms with Crippen molar-refractivity contribution >= 4 is 5.91 Å². The largest absolute Gasteiger partial charge is 0.356 e. The van der Waals surface area contributed by atoms with E-state index < -0.39 is 0 Å². The van der Waals surface area contributed by atoms with E-state index in [1.165, 1.54) is 32.1 Å². The molecule has 3 nitrogen and oxygen atoms in total. The van der Waals surface area contributed by atoms with Gasteiger partial charge in [-0.25, -0.2) is 0 Å². The predicted octanol–water partition coefficient (Wildman–Crippen LogP) is 3.98. The first-order valence-electron chi connectivity index (χ1n) is 8.73. The molecule has 1 N–H and O–H groups in total. The van der Waals surface area contributed by atoms with Crippen molar-refractivity contribution in [1.29, 1.82) is 0 Å². The molecule has 0 heterocycles. The first-order chi connectivity index (χ1) is 9.74. The second-order valence-corrected chi connectivity index (χ2v) is 5.60. The predicted molar refractivity (Wildman–Crippen MR) is 88.0 cm³/mol. The number of carbonyl (C=O) groups excluding carboxylic acids is 1. The Labute approximate surface area is 126 Å². The maximum atomic E-state index is 11.6. The van der Waals surface area contributed by atoms with Crippen molar-refractivity contribution < 1.29 is 4.79 Å². The molecule has 0 saturated carbocycles. The Morgan fingerprint density at radius 3 is 2.15 bits per heavy atom. The number of carbonyl (C=O) groups is 1. The van der Waals surface area contributed by atoms with Gasteiger partial charge in [-0.2, -0.15) is 0 Å². The third-order valence-electron chi connectivity index (χ3n) is 3.88. The fourth-order valence-corrected chi connectivity index (χ4v) is 2.38. The molecule has 20 heavy (non-hydrogen) atoms. The van der Waals surface area contributed by atoms with Gasteiger partial charge in [0.1, 0.15) is 0 Å². The summed E-state index contributed by atoms with van der Waals surface area (Å²) in [6.07, 6.45) is 10.5. The van der Waals surface area contributed by atoms with Crippen LogP contribution in [0, 0.1) is 0 Å². The molecule has 0 aliphatic carbocycles. The molecule has 0 aromatic rings. The SMILES string of the molecule is CCCCCCCCNC(=O)CCCCN(CC)CC. The standard InChI is InChI=1S/C17H36N2O/c1-4-7-8-9-10-12-15-18-17(20)14-11-13-16-19(5-2)6-3/h4-16H2,1-3H3,(H,18,20). The molecule has 0 atom stereocenters. The Bertz CT molecular complexity index is 215. The van der Waals surface area contributed by atoms with Crippen LogP contribution >= 0.6 is 0 Å². The highest BCUT2D eigenvalue weighted by Gasteiger charge is 2.02. The normalized spacial score (nSPS) is 11.0. The zero-order chi connectivity index (χ0) is 15.1. The minimum absolute atomic E-state index is 0.234. The van der Waals surface area contributed by atoms with Crippen LogP contribution in [-0.4, -0.2) is 37.0 Å². The van der Waals surface area contributed by atoms with Crippen molar-refractivity contribution in [1.82, 2.24) is 10.2 Å². The van der Waals surface area contributed by atoms with Crippen LogP contribution in [-0.2, 0) is 4.79 Å². The average molecular weight is 284 g/mol. The summed E-state index contributed by atoms with van der Waals surface area (Å²) in [5.41, 5.74) is 0. The molecule has 0 aromatic carbocycles. The highest BCUT2D eigenvalue weighted by Crippen LogP contribution is 2.04. The number of nitrogens with zero attached hydrogens (tertiary/aromatic N) is 1. The fraction of sp³-hybridized carbons (Fsp3) is 0.941.